The largest absolute Gasteiger partial charge is 0.492 e. The van der Waals surface area contributed by atoms with Gasteiger partial charge in [0.05, 0.1) is 25.8 Å². The molecule has 0 aromatic heterocycles. The van der Waals surface area contributed by atoms with Gasteiger partial charge in [-0.25, -0.2) is 4.39 Å². The van der Waals surface area contributed by atoms with E-state index in [1.165, 1.54) is 12.1 Å². The molecule has 0 aliphatic carbocycles. The first-order valence-electron chi connectivity index (χ1n) is 7.12. The third-order valence-corrected chi connectivity index (χ3v) is 3.18. The number of ether oxygens (including phenoxy) is 2. The van der Waals surface area contributed by atoms with Crippen LogP contribution in [0.1, 0.15) is 6.92 Å². The van der Waals surface area contributed by atoms with Crippen molar-refractivity contribution in [3.63, 3.8) is 0 Å². The molecule has 0 bridgehead atoms. The number of hydrogen-bond acceptors (Lipinski definition) is 4. The average molecular weight is 296 g/mol. The number of carbonyl (C=O) groups excluding carboxylic acids is 1. The highest BCUT2D eigenvalue weighted by atomic mass is 19.1. The van der Waals surface area contributed by atoms with E-state index in [2.05, 4.69) is 10.2 Å². The van der Waals surface area contributed by atoms with Crippen molar-refractivity contribution in [2.75, 3.05) is 39.4 Å². The molecule has 1 amide bonds. The maximum absolute atomic E-state index is 12.9. The molecule has 1 fully saturated rings. The van der Waals surface area contributed by atoms with Crippen molar-refractivity contribution in [1.82, 2.24) is 10.2 Å². The third kappa shape index (κ3) is 5.69. The fourth-order valence-corrected chi connectivity index (χ4v) is 2.21. The minimum Gasteiger partial charge on any atom is -0.492 e. The van der Waals surface area contributed by atoms with Crippen LogP contribution in [0.3, 0.4) is 0 Å². The Morgan fingerprint density at radius 1 is 1.57 bits per heavy atom. The molecule has 1 unspecified atom stereocenters. The number of rotatable bonds is 6. The van der Waals surface area contributed by atoms with E-state index in [4.69, 9.17) is 9.47 Å². The number of nitrogens with one attached hydrogen (secondary N) is 1. The van der Waals surface area contributed by atoms with E-state index in [0.29, 0.717) is 32.1 Å². The highest BCUT2D eigenvalue weighted by Gasteiger charge is 2.18. The molecule has 0 saturated carbocycles. The van der Waals surface area contributed by atoms with Crippen LogP contribution in [0.15, 0.2) is 24.3 Å². The Morgan fingerprint density at radius 3 is 3.19 bits per heavy atom. The van der Waals surface area contributed by atoms with E-state index >= 15 is 0 Å². The third-order valence-electron chi connectivity index (χ3n) is 3.18. The van der Waals surface area contributed by atoms with Crippen LogP contribution < -0.4 is 10.1 Å². The zero-order valence-electron chi connectivity index (χ0n) is 12.2. The molecule has 2 rings (SSSR count). The molecule has 1 heterocycles. The minimum absolute atomic E-state index is 0.0352. The van der Waals surface area contributed by atoms with Gasteiger partial charge in [-0.15, -0.1) is 0 Å². The molecule has 0 radical (unpaired) electrons. The lowest BCUT2D eigenvalue weighted by Crippen LogP contribution is -2.46. The van der Waals surface area contributed by atoms with E-state index in [-0.39, 0.29) is 17.8 Å². The number of carbonyl (C=O) groups is 1. The van der Waals surface area contributed by atoms with Gasteiger partial charge in [-0.3, -0.25) is 9.69 Å². The number of hydrogen-bond donors (Lipinski definition) is 1. The van der Waals surface area contributed by atoms with Crippen molar-refractivity contribution in [3.05, 3.63) is 30.1 Å². The lowest BCUT2D eigenvalue weighted by Gasteiger charge is -2.30. The number of morpholine rings is 1. The second-order valence-electron chi connectivity index (χ2n) is 5.07. The highest BCUT2D eigenvalue weighted by molar-refractivity contribution is 5.78. The van der Waals surface area contributed by atoms with Crippen LogP contribution >= 0.6 is 0 Å². The predicted octanol–water partition coefficient (Wildman–Crippen LogP) is 1.04. The summed E-state index contributed by atoms with van der Waals surface area (Å²) in [4.78, 5) is 13.8. The van der Waals surface area contributed by atoms with Gasteiger partial charge in [-0.05, 0) is 19.1 Å². The van der Waals surface area contributed by atoms with Crippen LogP contribution in [-0.4, -0.2) is 56.3 Å². The van der Waals surface area contributed by atoms with Crippen molar-refractivity contribution >= 4 is 5.91 Å². The van der Waals surface area contributed by atoms with E-state index < -0.39 is 0 Å². The quantitative estimate of drug-likeness (QED) is 0.797. The molecule has 0 spiro atoms. The molecular formula is C15H21FN2O3. The summed E-state index contributed by atoms with van der Waals surface area (Å²) in [7, 11) is 0. The van der Waals surface area contributed by atoms with E-state index in [1.807, 2.05) is 6.92 Å². The van der Waals surface area contributed by atoms with Crippen LogP contribution in [0.2, 0.25) is 0 Å². The van der Waals surface area contributed by atoms with Crippen molar-refractivity contribution in [3.8, 4) is 5.75 Å². The molecule has 1 aromatic rings. The first-order valence-corrected chi connectivity index (χ1v) is 7.12. The zero-order chi connectivity index (χ0) is 15.1. The average Bonchev–Trinajstić information content (AvgIpc) is 2.44. The van der Waals surface area contributed by atoms with Crippen molar-refractivity contribution in [2.45, 2.75) is 13.0 Å². The van der Waals surface area contributed by atoms with Crippen LogP contribution in [-0.2, 0) is 9.53 Å². The summed E-state index contributed by atoms with van der Waals surface area (Å²) in [5.74, 6) is 0.0937. The van der Waals surface area contributed by atoms with Gasteiger partial charge in [0.1, 0.15) is 18.2 Å². The number of benzene rings is 1. The molecule has 1 atom stereocenters. The smallest absolute Gasteiger partial charge is 0.234 e. The van der Waals surface area contributed by atoms with Gasteiger partial charge in [0.2, 0.25) is 5.91 Å². The van der Waals surface area contributed by atoms with Crippen LogP contribution in [0.5, 0.6) is 5.75 Å². The van der Waals surface area contributed by atoms with Crippen LogP contribution in [0, 0.1) is 5.82 Å². The maximum atomic E-state index is 12.9. The van der Waals surface area contributed by atoms with Gasteiger partial charge >= 0.3 is 0 Å². The molecule has 1 saturated heterocycles. The van der Waals surface area contributed by atoms with E-state index in [0.717, 1.165) is 13.1 Å². The van der Waals surface area contributed by atoms with Crippen molar-refractivity contribution in [2.24, 2.45) is 0 Å². The van der Waals surface area contributed by atoms with Gasteiger partial charge in [-0.1, -0.05) is 6.07 Å². The second-order valence-corrected chi connectivity index (χ2v) is 5.07. The predicted molar refractivity (Wildman–Crippen MR) is 76.8 cm³/mol. The zero-order valence-corrected chi connectivity index (χ0v) is 12.2. The lowest BCUT2D eigenvalue weighted by atomic mass is 10.3. The Labute approximate surface area is 124 Å². The van der Waals surface area contributed by atoms with Gasteiger partial charge in [0.15, 0.2) is 0 Å². The molecule has 1 aliphatic rings. The minimum atomic E-state index is -0.335. The summed E-state index contributed by atoms with van der Waals surface area (Å²) in [6, 6.07) is 5.94. The van der Waals surface area contributed by atoms with Gasteiger partial charge in [0.25, 0.3) is 0 Å². The Bertz CT molecular complexity index is 470. The maximum Gasteiger partial charge on any atom is 0.234 e. The van der Waals surface area contributed by atoms with E-state index in [1.54, 1.807) is 12.1 Å². The van der Waals surface area contributed by atoms with Gasteiger partial charge < -0.3 is 14.8 Å². The summed E-state index contributed by atoms with van der Waals surface area (Å²) in [6.45, 7) is 5.29. The summed E-state index contributed by atoms with van der Waals surface area (Å²) in [6.07, 6.45) is 0.169. The molecule has 1 N–H and O–H groups in total. The fourth-order valence-electron chi connectivity index (χ4n) is 2.21. The second kappa shape index (κ2) is 7.95. The summed E-state index contributed by atoms with van der Waals surface area (Å²) < 4.78 is 23.7. The lowest BCUT2D eigenvalue weighted by molar-refractivity contribution is -0.124. The molecular weight excluding hydrogens is 275 g/mol. The molecule has 1 aliphatic heterocycles. The molecule has 5 nitrogen and oxygen atoms in total. The van der Waals surface area contributed by atoms with Crippen LogP contribution in [0.4, 0.5) is 4.39 Å². The Hall–Kier alpha value is -1.66. The van der Waals surface area contributed by atoms with Crippen LogP contribution in [0.25, 0.3) is 0 Å². The highest BCUT2D eigenvalue weighted by Crippen LogP contribution is 2.11. The molecule has 1 aromatic carbocycles. The monoisotopic (exact) mass is 296 g/mol. The summed E-state index contributed by atoms with van der Waals surface area (Å²) in [5.41, 5.74) is 0. The van der Waals surface area contributed by atoms with E-state index in [9.17, 15) is 9.18 Å². The molecule has 6 heteroatoms. The SMILES string of the molecule is CC1CN(CC(=O)NCCOc2cccc(F)c2)CCO1. The van der Waals surface area contributed by atoms with Crippen molar-refractivity contribution < 1.29 is 18.7 Å². The Morgan fingerprint density at radius 2 is 2.43 bits per heavy atom. The summed E-state index contributed by atoms with van der Waals surface area (Å²) in [5, 5.41) is 2.79. The topological polar surface area (TPSA) is 50.8 Å². The number of nitrogens with zero attached hydrogens (tertiary/aromatic N) is 1. The molecule has 116 valence electrons. The van der Waals surface area contributed by atoms with Crippen molar-refractivity contribution in [1.29, 1.82) is 0 Å². The normalized spacial score (nSPS) is 19.2. The Kier molecular flexibility index (Phi) is 5.95. The fraction of sp³-hybridized carbons (Fsp3) is 0.533. The van der Waals surface area contributed by atoms with Gasteiger partial charge in [-0.2, -0.15) is 0 Å². The first kappa shape index (κ1) is 15.7. The standard InChI is InChI=1S/C15H21FN2O3/c1-12-10-18(6-8-20-12)11-15(19)17-5-7-21-14-4-2-3-13(16)9-14/h2-4,9,12H,5-8,10-11H2,1H3,(H,17,19). The number of halogens is 1. The Balaban J connectivity index is 1.61. The summed E-state index contributed by atoms with van der Waals surface area (Å²) >= 11 is 0. The van der Waals surface area contributed by atoms with Gasteiger partial charge in [0, 0.05) is 19.2 Å². The first-order chi connectivity index (χ1) is 10.1. The molecule has 21 heavy (non-hydrogen) atoms. The number of amides is 1.